The van der Waals surface area contributed by atoms with Crippen LogP contribution in [0.5, 0.6) is 0 Å². The Balaban J connectivity index is 1.56. The fourth-order valence-electron chi connectivity index (χ4n) is 3.54. The van der Waals surface area contributed by atoms with Crippen LogP contribution in [0.2, 0.25) is 0 Å². The number of piperazine rings is 1. The van der Waals surface area contributed by atoms with E-state index in [1.807, 2.05) is 0 Å². The minimum atomic E-state index is 0.00275. The maximum Gasteiger partial charge on any atom is 0.252 e. The molecule has 2 aliphatic heterocycles. The Morgan fingerprint density at radius 1 is 1.15 bits per heavy atom. The van der Waals surface area contributed by atoms with E-state index < -0.39 is 0 Å². The van der Waals surface area contributed by atoms with Crippen molar-refractivity contribution in [1.82, 2.24) is 14.9 Å². The lowest BCUT2D eigenvalue weighted by Crippen LogP contribution is -2.55. The second kappa shape index (κ2) is 4.88. The van der Waals surface area contributed by atoms with Crippen LogP contribution >= 0.6 is 0 Å². The molecule has 5 heteroatoms. The van der Waals surface area contributed by atoms with Crippen molar-refractivity contribution in [2.24, 2.45) is 0 Å². The summed E-state index contributed by atoms with van der Waals surface area (Å²) in [7, 11) is 0. The molecule has 4 rings (SSSR count). The Morgan fingerprint density at radius 2 is 2.05 bits per heavy atom. The summed E-state index contributed by atoms with van der Waals surface area (Å²) in [5.41, 5.74) is 0.00275. The van der Waals surface area contributed by atoms with Crippen LogP contribution in [0.1, 0.15) is 43.8 Å². The Bertz CT molecular complexity index is 551. The molecule has 1 aromatic heterocycles. The van der Waals surface area contributed by atoms with Gasteiger partial charge in [0.15, 0.2) is 0 Å². The zero-order chi connectivity index (χ0) is 13.5. The van der Waals surface area contributed by atoms with E-state index in [0.29, 0.717) is 12.0 Å². The SMILES string of the molecule is O=c1cc(N2CCN3CCCCC3C2)nc(C2CC2)[nH]1. The summed E-state index contributed by atoms with van der Waals surface area (Å²) in [6.07, 6.45) is 6.30. The van der Waals surface area contributed by atoms with Gasteiger partial charge >= 0.3 is 0 Å². The van der Waals surface area contributed by atoms with E-state index in [4.69, 9.17) is 4.98 Å². The minimum Gasteiger partial charge on any atom is -0.354 e. The Hall–Kier alpha value is -1.36. The van der Waals surface area contributed by atoms with Gasteiger partial charge in [0.2, 0.25) is 0 Å². The van der Waals surface area contributed by atoms with E-state index in [1.165, 1.54) is 38.6 Å². The predicted octanol–water partition coefficient (Wildman–Crippen LogP) is 1.32. The first-order chi connectivity index (χ1) is 9.79. The van der Waals surface area contributed by atoms with Crippen molar-refractivity contribution in [3.05, 3.63) is 22.2 Å². The van der Waals surface area contributed by atoms with Crippen LogP contribution in [0, 0.1) is 0 Å². The number of nitrogens with one attached hydrogen (secondary N) is 1. The molecule has 3 fully saturated rings. The molecule has 1 aromatic rings. The first-order valence-electron chi connectivity index (χ1n) is 7.90. The van der Waals surface area contributed by atoms with Crippen molar-refractivity contribution in [3.8, 4) is 0 Å². The van der Waals surface area contributed by atoms with Gasteiger partial charge in [-0.25, -0.2) is 4.98 Å². The van der Waals surface area contributed by atoms with Gasteiger partial charge in [-0.3, -0.25) is 9.69 Å². The number of fused-ring (bicyclic) bond motifs is 1. The number of anilines is 1. The molecule has 2 saturated heterocycles. The zero-order valence-corrected chi connectivity index (χ0v) is 11.8. The van der Waals surface area contributed by atoms with Gasteiger partial charge in [-0.15, -0.1) is 0 Å². The second-order valence-electron chi connectivity index (χ2n) is 6.39. The van der Waals surface area contributed by atoms with Crippen LogP contribution in [-0.4, -0.2) is 47.1 Å². The van der Waals surface area contributed by atoms with Gasteiger partial charge < -0.3 is 9.88 Å². The highest BCUT2D eigenvalue weighted by Crippen LogP contribution is 2.38. The molecule has 0 amide bonds. The van der Waals surface area contributed by atoms with Gasteiger partial charge in [0.05, 0.1) is 0 Å². The number of hydrogen-bond donors (Lipinski definition) is 1. The number of nitrogens with zero attached hydrogens (tertiary/aromatic N) is 3. The van der Waals surface area contributed by atoms with Gasteiger partial charge in [0, 0.05) is 37.7 Å². The third-order valence-corrected chi connectivity index (χ3v) is 4.87. The average molecular weight is 274 g/mol. The number of aromatic amines is 1. The molecule has 1 atom stereocenters. The molecule has 3 aliphatic rings. The molecule has 0 radical (unpaired) electrons. The fourth-order valence-corrected chi connectivity index (χ4v) is 3.54. The number of rotatable bonds is 2. The summed E-state index contributed by atoms with van der Waals surface area (Å²) in [5.74, 6) is 2.29. The van der Waals surface area contributed by atoms with E-state index in [0.717, 1.165) is 31.3 Å². The Kier molecular flexibility index (Phi) is 3.02. The summed E-state index contributed by atoms with van der Waals surface area (Å²) < 4.78 is 0. The first-order valence-corrected chi connectivity index (χ1v) is 7.90. The van der Waals surface area contributed by atoms with Crippen molar-refractivity contribution in [2.45, 2.75) is 44.1 Å². The van der Waals surface area contributed by atoms with Crippen molar-refractivity contribution >= 4 is 5.82 Å². The van der Waals surface area contributed by atoms with Gasteiger partial charge in [0.1, 0.15) is 11.6 Å². The average Bonchev–Trinajstić information content (AvgIpc) is 3.31. The molecule has 108 valence electrons. The molecule has 0 aromatic carbocycles. The molecule has 1 N–H and O–H groups in total. The smallest absolute Gasteiger partial charge is 0.252 e. The standard InChI is InChI=1S/C15H22N4O/c20-14-9-13(16-15(17-14)11-4-5-11)19-8-7-18-6-2-1-3-12(18)10-19/h9,11-12H,1-8,10H2,(H,16,17,20). The third kappa shape index (κ3) is 2.35. The Labute approximate surface area is 119 Å². The summed E-state index contributed by atoms with van der Waals surface area (Å²) in [6, 6.07) is 2.33. The number of aromatic nitrogens is 2. The zero-order valence-electron chi connectivity index (χ0n) is 11.8. The minimum absolute atomic E-state index is 0.00275. The van der Waals surface area contributed by atoms with Gasteiger partial charge in [0.25, 0.3) is 5.56 Å². The fraction of sp³-hybridized carbons (Fsp3) is 0.733. The van der Waals surface area contributed by atoms with E-state index >= 15 is 0 Å². The maximum absolute atomic E-state index is 11.8. The van der Waals surface area contributed by atoms with Crippen LogP contribution in [-0.2, 0) is 0 Å². The van der Waals surface area contributed by atoms with E-state index in [-0.39, 0.29) is 5.56 Å². The van der Waals surface area contributed by atoms with Crippen molar-refractivity contribution in [2.75, 3.05) is 31.1 Å². The van der Waals surface area contributed by atoms with Gasteiger partial charge in [-0.05, 0) is 32.2 Å². The lowest BCUT2D eigenvalue weighted by molar-refractivity contribution is 0.133. The molecule has 0 bridgehead atoms. The van der Waals surface area contributed by atoms with Crippen LogP contribution < -0.4 is 10.5 Å². The summed E-state index contributed by atoms with van der Waals surface area (Å²) in [6.45, 7) is 4.38. The molecule has 1 unspecified atom stereocenters. The van der Waals surface area contributed by atoms with Crippen molar-refractivity contribution < 1.29 is 0 Å². The lowest BCUT2D eigenvalue weighted by Gasteiger charge is -2.44. The molecule has 20 heavy (non-hydrogen) atoms. The van der Waals surface area contributed by atoms with Crippen LogP contribution in [0.4, 0.5) is 5.82 Å². The molecular weight excluding hydrogens is 252 g/mol. The monoisotopic (exact) mass is 274 g/mol. The highest BCUT2D eigenvalue weighted by Gasteiger charge is 2.31. The first kappa shape index (κ1) is 12.4. The number of H-pyrrole nitrogens is 1. The van der Waals surface area contributed by atoms with Crippen molar-refractivity contribution in [1.29, 1.82) is 0 Å². The number of piperidine rings is 1. The molecule has 3 heterocycles. The quantitative estimate of drug-likeness (QED) is 0.884. The van der Waals surface area contributed by atoms with E-state index in [2.05, 4.69) is 14.8 Å². The molecule has 5 nitrogen and oxygen atoms in total. The third-order valence-electron chi connectivity index (χ3n) is 4.87. The number of hydrogen-bond acceptors (Lipinski definition) is 4. The lowest BCUT2D eigenvalue weighted by atomic mass is 9.99. The van der Waals surface area contributed by atoms with Crippen LogP contribution in [0.15, 0.2) is 10.9 Å². The molecule has 1 aliphatic carbocycles. The van der Waals surface area contributed by atoms with Crippen molar-refractivity contribution in [3.63, 3.8) is 0 Å². The predicted molar refractivity (Wildman–Crippen MR) is 78.3 cm³/mol. The van der Waals surface area contributed by atoms with E-state index in [1.54, 1.807) is 6.07 Å². The Morgan fingerprint density at radius 3 is 2.90 bits per heavy atom. The van der Waals surface area contributed by atoms with Crippen LogP contribution in [0.3, 0.4) is 0 Å². The highest BCUT2D eigenvalue weighted by molar-refractivity contribution is 5.39. The van der Waals surface area contributed by atoms with Gasteiger partial charge in [-0.1, -0.05) is 6.42 Å². The molecular formula is C15H22N4O. The summed E-state index contributed by atoms with van der Waals surface area (Å²) in [4.78, 5) is 24.4. The topological polar surface area (TPSA) is 52.2 Å². The van der Waals surface area contributed by atoms with Gasteiger partial charge in [-0.2, -0.15) is 0 Å². The normalized spacial score (nSPS) is 27.4. The second-order valence-corrected chi connectivity index (χ2v) is 6.39. The van der Waals surface area contributed by atoms with E-state index in [9.17, 15) is 4.79 Å². The molecule has 1 saturated carbocycles. The largest absolute Gasteiger partial charge is 0.354 e. The van der Waals surface area contributed by atoms with Crippen LogP contribution in [0.25, 0.3) is 0 Å². The summed E-state index contributed by atoms with van der Waals surface area (Å²) in [5, 5.41) is 0. The molecule has 0 spiro atoms. The highest BCUT2D eigenvalue weighted by atomic mass is 16.1. The maximum atomic E-state index is 11.8. The summed E-state index contributed by atoms with van der Waals surface area (Å²) >= 11 is 0.